The smallest absolute Gasteiger partial charge is 0.222 e. The van der Waals surface area contributed by atoms with E-state index in [1.54, 1.807) is 0 Å². The molecule has 0 radical (unpaired) electrons. The highest BCUT2D eigenvalue weighted by molar-refractivity contribution is 5.77. The van der Waals surface area contributed by atoms with Gasteiger partial charge in [0, 0.05) is 38.2 Å². The molecule has 0 unspecified atom stereocenters. The molecule has 0 aromatic carbocycles. The number of rotatable bonds is 6. The van der Waals surface area contributed by atoms with E-state index < -0.39 is 0 Å². The topological polar surface area (TPSA) is 46.5 Å². The van der Waals surface area contributed by atoms with Crippen molar-refractivity contribution in [1.82, 2.24) is 14.8 Å². The lowest BCUT2D eigenvalue weighted by atomic mass is 9.86. The molecule has 1 atom stereocenters. The molecular weight excluding hydrogens is 290 g/mol. The highest BCUT2D eigenvalue weighted by Gasteiger charge is 2.36. The maximum atomic E-state index is 12.6. The first-order chi connectivity index (χ1) is 11.2. The van der Waals surface area contributed by atoms with Gasteiger partial charge in [0.25, 0.3) is 0 Å². The molecule has 128 valence electrons. The van der Waals surface area contributed by atoms with Crippen LogP contribution in [-0.2, 0) is 15.1 Å². The number of aromatic nitrogens is 1. The third-order valence-electron chi connectivity index (χ3n) is 5.51. The molecule has 5 nitrogen and oxygen atoms in total. The third-order valence-corrected chi connectivity index (χ3v) is 5.51. The number of hydrogen-bond acceptors (Lipinski definition) is 3. The molecule has 3 rings (SSSR count). The first-order valence-corrected chi connectivity index (χ1v) is 8.95. The normalized spacial score (nSPS) is 24.7. The van der Waals surface area contributed by atoms with Crippen LogP contribution in [0.25, 0.3) is 0 Å². The molecule has 2 aliphatic heterocycles. The van der Waals surface area contributed by atoms with Gasteiger partial charge >= 0.3 is 0 Å². The Labute approximate surface area is 139 Å². The fraction of sp³-hybridized carbons (Fsp3) is 0.722. The summed E-state index contributed by atoms with van der Waals surface area (Å²) in [5, 5.41) is 3.19. The van der Waals surface area contributed by atoms with E-state index in [2.05, 4.69) is 34.1 Å². The molecule has 2 saturated heterocycles. The van der Waals surface area contributed by atoms with Gasteiger partial charge in [-0.3, -0.25) is 9.69 Å². The predicted octanol–water partition coefficient (Wildman–Crippen LogP) is 1.98. The van der Waals surface area contributed by atoms with Gasteiger partial charge < -0.3 is 14.6 Å². The molecule has 0 aliphatic carbocycles. The highest BCUT2D eigenvalue weighted by Crippen LogP contribution is 2.33. The number of amides is 1. The number of carbonyl (C=O) groups excluding carboxylic acids is 1. The van der Waals surface area contributed by atoms with Crippen LogP contribution in [0.5, 0.6) is 0 Å². The summed E-state index contributed by atoms with van der Waals surface area (Å²) in [6.45, 7) is 6.69. The van der Waals surface area contributed by atoms with Crippen molar-refractivity contribution in [3.8, 4) is 0 Å². The molecule has 5 heteroatoms. The lowest BCUT2D eigenvalue weighted by molar-refractivity contribution is -0.124. The SMILES string of the molecule is CCN1CCC[C@@H]1CNC(=O)CC1(n2cccc2)CCOCC1. The fourth-order valence-corrected chi connectivity index (χ4v) is 4.06. The minimum atomic E-state index is -0.119. The number of hydrogen-bond donors (Lipinski definition) is 1. The average molecular weight is 319 g/mol. The van der Waals surface area contributed by atoms with Crippen molar-refractivity contribution in [2.45, 2.75) is 50.6 Å². The van der Waals surface area contributed by atoms with Crippen LogP contribution in [0.4, 0.5) is 0 Å². The number of likely N-dealkylation sites (N-methyl/N-ethyl adjacent to an activating group) is 1. The van der Waals surface area contributed by atoms with Crippen LogP contribution in [0.2, 0.25) is 0 Å². The van der Waals surface area contributed by atoms with Crippen LogP contribution in [0.3, 0.4) is 0 Å². The summed E-state index contributed by atoms with van der Waals surface area (Å²) in [4.78, 5) is 15.0. The van der Waals surface area contributed by atoms with Gasteiger partial charge in [-0.1, -0.05) is 6.92 Å². The largest absolute Gasteiger partial charge is 0.381 e. The van der Waals surface area contributed by atoms with Crippen LogP contribution < -0.4 is 5.32 Å². The van der Waals surface area contributed by atoms with E-state index >= 15 is 0 Å². The molecule has 1 N–H and O–H groups in total. The Morgan fingerprint density at radius 1 is 1.30 bits per heavy atom. The van der Waals surface area contributed by atoms with E-state index in [1.165, 1.54) is 19.4 Å². The maximum Gasteiger partial charge on any atom is 0.222 e. The van der Waals surface area contributed by atoms with Gasteiger partial charge in [0.05, 0.1) is 12.0 Å². The van der Waals surface area contributed by atoms with Gasteiger partial charge in [-0.2, -0.15) is 0 Å². The minimum absolute atomic E-state index is 0.119. The van der Waals surface area contributed by atoms with E-state index in [1.807, 2.05) is 12.1 Å². The highest BCUT2D eigenvalue weighted by atomic mass is 16.5. The summed E-state index contributed by atoms with van der Waals surface area (Å²) in [6, 6.07) is 4.58. The summed E-state index contributed by atoms with van der Waals surface area (Å²) < 4.78 is 7.73. The summed E-state index contributed by atoms with van der Waals surface area (Å²) >= 11 is 0. The molecule has 2 fully saturated rings. The number of carbonyl (C=O) groups is 1. The zero-order chi connectivity index (χ0) is 16.1. The Morgan fingerprint density at radius 3 is 2.74 bits per heavy atom. The summed E-state index contributed by atoms with van der Waals surface area (Å²) in [5.74, 6) is 0.170. The molecule has 0 bridgehead atoms. The molecule has 0 saturated carbocycles. The van der Waals surface area contributed by atoms with Crippen LogP contribution in [0.1, 0.15) is 39.0 Å². The lowest BCUT2D eigenvalue weighted by Crippen LogP contribution is -2.45. The number of likely N-dealkylation sites (tertiary alicyclic amines) is 1. The van der Waals surface area contributed by atoms with Gasteiger partial charge in [0.15, 0.2) is 0 Å². The van der Waals surface area contributed by atoms with E-state index in [9.17, 15) is 4.79 Å². The summed E-state index contributed by atoms with van der Waals surface area (Å²) in [6.07, 6.45) is 8.95. The quantitative estimate of drug-likeness (QED) is 0.872. The van der Waals surface area contributed by atoms with E-state index in [-0.39, 0.29) is 11.4 Å². The Bertz CT molecular complexity index is 494. The molecule has 0 spiro atoms. The van der Waals surface area contributed by atoms with Crippen molar-refractivity contribution in [1.29, 1.82) is 0 Å². The van der Waals surface area contributed by atoms with Crippen LogP contribution in [0, 0.1) is 0 Å². The third kappa shape index (κ3) is 3.78. The van der Waals surface area contributed by atoms with Gasteiger partial charge in [-0.15, -0.1) is 0 Å². The van der Waals surface area contributed by atoms with Crippen molar-refractivity contribution in [2.75, 3.05) is 32.8 Å². The second-order valence-electron chi connectivity index (χ2n) is 6.83. The van der Waals surface area contributed by atoms with Gasteiger partial charge in [-0.25, -0.2) is 0 Å². The van der Waals surface area contributed by atoms with Crippen LogP contribution in [-0.4, -0.2) is 54.3 Å². The van der Waals surface area contributed by atoms with E-state index in [0.29, 0.717) is 12.5 Å². The Balaban J connectivity index is 1.58. The Hall–Kier alpha value is -1.33. The Morgan fingerprint density at radius 2 is 2.04 bits per heavy atom. The van der Waals surface area contributed by atoms with Crippen molar-refractivity contribution < 1.29 is 9.53 Å². The Kier molecular flexibility index (Phi) is 5.38. The van der Waals surface area contributed by atoms with Crippen molar-refractivity contribution >= 4 is 5.91 Å². The molecule has 3 heterocycles. The minimum Gasteiger partial charge on any atom is -0.381 e. The molecule has 1 aromatic heterocycles. The number of nitrogens with zero attached hydrogens (tertiary/aromatic N) is 2. The van der Waals surface area contributed by atoms with Gasteiger partial charge in [-0.05, 0) is 50.9 Å². The first-order valence-electron chi connectivity index (χ1n) is 8.95. The van der Waals surface area contributed by atoms with Crippen molar-refractivity contribution in [2.24, 2.45) is 0 Å². The molecule has 2 aliphatic rings. The zero-order valence-electron chi connectivity index (χ0n) is 14.2. The predicted molar refractivity (Wildman–Crippen MR) is 90.4 cm³/mol. The van der Waals surface area contributed by atoms with Crippen LogP contribution >= 0.6 is 0 Å². The zero-order valence-corrected chi connectivity index (χ0v) is 14.2. The van der Waals surface area contributed by atoms with Crippen molar-refractivity contribution in [3.05, 3.63) is 24.5 Å². The molecule has 1 aromatic rings. The molecule has 23 heavy (non-hydrogen) atoms. The van der Waals surface area contributed by atoms with Crippen molar-refractivity contribution in [3.63, 3.8) is 0 Å². The van der Waals surface area contributed by atoms with Gasteiger partial charge in [0.1, 0.15) is 0 Å². The van der Waals surface area contributed by atoms with E-state index in [4.69, 9.17) is 4.74 Å². The lowest BCUT2D eigenvalue weighted by Gasteiger charge is -2.38. The molecule has 1 amide bonds. The number of ether oxygens (including phenoxy) is 1. The monoisotopic (exact) mass is 319 g/mol. The first kappa shape index (κ1) is 16.5. The second kappa shape index (κ2) is 7.49. The molecular formula is C18H29N3O2. The van der Waals surface area contributed by atoms with Gasteiger partial charge in [0.2, 0.25) is 5.91 Å². The van der Waals surface area contributed by atoms with E-state index in [0.717, 1.165) is 39.1 Å². The number of nitrogens with one attached hydrogen (secondary N) is 1. The summed E-state index contributed by atoms with van der Waals surface area (Å²) in [7, 11) is 0. The average Bonchev–Trinajstić information content (AvgIpc) is 3.25. The maximum absolute atomic E-state index is 12.6. The standard InChI is InChI=1S/C18H29N3O2/c1-2-20-9-5-6-16(20)15-19-17(22)14-18(7-12-23-13-8-18)21-10-3-4-11-21/h3-4,10-11,16H,2,5-9,12-15H2,1H3,(H,19,22)/t16-/m1/s1. The second-order valence-corrected chi connectivity index (χ2v) is 6.83. The fourth-order valence-electron chi connectivity index (χ4n) is 4.06. The van der Waals surface area contributed by atoms with Crippen LogP contribution in [0.15, 0.2) is 24.5 Å². The summed E-state index contributed by atoms with van der Waals surface area (Å²) in [5.41, 5.74) is -0.119.